The molecule has 0 bridgehead atoms. The second-order valence-corrected chi connectivity index (χ2v) is 5.95. The Bertz CT molecular complexity index is 827. The molecule has 7 nitrogen and oxygen atoms in total. The van der Waals surface area contributed by atoms with Crippen molar-refractivity contribution in [2.45, 2.75) is 19.8 Å². The molecular formula is C20H23N3O4. The Balaban J connectivity index is 2.05. The van der Waals surface area contributed by atoms with Crippen molar-refractivity contribution in [3.63, 3.8) is 0 Å². The van der Waals surface area contributed by atoms with Gasteiger partial charge < -0.3 is 20.9 Å². The summed E-state index contributed by atoms with van der Waals surface area (Å²) in [5, 5.41) is 0. The van der Waals surface area contributed by atoms with Gasteiger partial charge in [-0.3, -0.25) is 4.79 Å². The van der Waals surface area contributed by atoms with Crippen LogP contribution in [0.2, 0.25) is 0 Å². The van der Waals surface area contributed by atoms with Gasteiger partial charge in [0.1, 0.15) is 5.75 Å². The molecule has 7 heteroatoms. The number of hydrogen-bond donors (Lipinski definition) is 2. The van der Waals surface area contributed by atoms with Crippen molar-refractivity contribution in [1.82, 2.24) is 0 Å². The number of nitrogens with two attached hydrogens (primary N) is 2. The van der Waals surface area contributed by atoms with Crippen molar-refractivity contribution >= 4 is 23.6 Å². The molecular weight excluding hydrogens is 346 g/mol. The molecule has 0 heterocycles. The Kier molecular flexibility index (Phi) is 6.93. The summed E-state index contributed by atoms with van der Waals surface area (Å²) in [6.45, 7) is 1.92. The highest BCUT2D eigenvalue weighted by Crippen LogP contribution is 2.20. The molecule has 0 saturated heterocycles. The van der Waals surface area contributed by atoms with Crippen molar-refractivity contribution in [1.29, 1.82) is 0 Å². The van der Waals surface area contributed by atoms with E-state index in [4.69, 9.17) is 16.2 Å². The fraction of sp³-hybridized carbons (Fsp3) is 0.250. The van der Waals surface area contributed by atoms with Gasteiger partial charge in [-0.2, -0.15) is 0 Å². The Hall–Kier alpha value is -3.35. The zero-order valence-corrected chi connectivity index (χ0v) is 15.3. The molecule has 27 heavy (non-hydrogen) atoms. The van der Waals surface area contributed by atoms with Gasteiger partial charge in [0.05, 0.1) is 24.3 Å². The maximum absolute atomic E-state index is 12.5. The number of benzene rings is 2. The lowest BCUT2D eigenvalue weighted by atomic mass is 9.97. The molecule has 0 amide bonds. The van der Waals surface area contributed by atoms with Gasteiger partial charge in [0.2, 0.25) is 0 Å². The van der Waals surface area contributed by atoms with Gasteiger partial charge in [-0.15, -0.1) is 0 Å². The number of carbonyl (C=O) groups excluding carboxylic acids is 2. The predicted molar refractivity (Wildman–Crippen MR) is 103 cm³/mol. The van der Waals surface area contributed by atoms with Crippen LogP contribution in [-0.2, 0) is 16.0 Å². The van der Waals surface area contributed by atoms with E-state index in [1.54, 1.807) is 30.3 Å². The average molecular weight is 369 g/mol. The summed E-state index contributed by atoms with van der Waals surface area (Å²) in [6, 6.07) is 13.7. The van der Waals surface area contributed by atoms with E-state index in [2.05, 4.69) is 9.73 Å². The minimum atomic E-state index is -0.485. The highest BCUT2D eigenvalue weighted by atomic mass is 16.5. The summed E-state index contributed by atoms with van der Waals surface area (Å²) >= 11 is 0. The molecule has 2 aromatic carbocycles. The first-order valence-corrected chi connectivity index (χ1v) is 8.51. The number of aliphatic imine (C=N–C) groups is 1. The summed E-state index contributed by atoms with van der Waals surface area (Å²) in [7, 11) is 1.30. The molecule has 0 aliphatic rings. The van der Waals surface area contributed by atoms with Crippen molar-refractivity contribution in [2.24, 2.45) is 22.4 Å². The summed E-state index contributed by atoms with van der Waals surface area (Å²) in [5.74, 6) is -0.856. The summed E-state index contributed by atoms with van der Waals surface area (Å²) < 4.78 is 10.1. The van der Waals surface area contributed by atoms with Crippen LogP contribution in [0.3, 0.4) is 0 Å². The quantitative estimate of drug-likeness (QED) is 0.335. The van der Waals surface area contributed by atoms with Gasteiger partial charge in [0.15, 0.2) is 5.96 Å². The van der Waals surface area contributed by atoms with Gasteiger partial charge in [0.25, 0.3) is 0 Å². The van der Waals surface area contributed by atoms with E-state index in [0.29, 0.717) is 29.8 Å². The van der Waals surface area contributed by atoms with Crippen LogP contribution in [0, 0.1) is 5.92 Å². The minimum Gasteiger partial charge on any atom is -0.465 e. The molecule has 4 N–H and O–H groups in total. The van der Waals surface area contributed by atoms with Gasteiger partial charge in [-0.05, 0) is 48.7 Å². The van der Waals surface area contributed by atoms with Crippen LogP contribution in [0.25, 0.3) is 0 Å². The summed E-state index contributed by atoms with van der Waals surface area (Å²) in [5.41, 5.74) is 12.6. The number of methoxy groups -OCH3 is 1. The molecule has 142 valence electrons. The Morgan fingerprint density at radius 3 is 2.41 bits per heavy atom. The number of hydrogen-bond acceptors (Lipinski definition) is 5. The van der Waals surface area contributed by atoms with Crippen LogP contribution < -0.4 is 16.2 Å². The third-order valence-corrected chi connectivity index (χ3v) is 3.98. The highest BCUT2D eigenvalue weighted by molar-refractivity contribution is 5.90. The van der Waals surface area contributed by atoms with Gasteiger partial charge in [-0.25, -0.2) is 9.79 Å². The molecule has 0 aromatic heterocycles. The summed E-state index contributed by atoms with van der Waals surface area (Å²) in [6.07, 6.45) is 1.14. The molecule has 0 spiro atoms. The van der Waals surface area contributed by atoms with E-state index < -0.39 is 5.97 Å². The molecule has 2 aromatic rings. The molecule has 1 unspecified atom stereocenters. The molecule has 2 rings (SSSR count). The van der Waals surface area contributed by atoms with Crippen LogP contribution in [0.1, 0.15) is 29.3 Å². The van der Waals surface area contributed by atoms with Crippen molar-refractivity contribution < 1.29 is 19.1 Å². The zero-order chi connectivity index (χ0) is 19.8. The lowest BCUT2D eigenvalue weighted by Crippen LogP contribution is -2.22. The van der Waals surface area contributed by atoms with Crippen LogP contribution >= 0.6 is 0 Å². The third-order valence-electron chi connectivity index (χ3n) is 3.98. The molecule has 0 aliphatic carbocycles. The number of nitrogens with zero attached hydrogens (tertiary/aromatic N) is 1. The van der Waals surface area contributed by atoms with Crippen molar-refractivity contribution in [3.05, 3.63) is 59.7 Å². The van der Waals surface area contributed by atoms with E-state index in [1.165, 1.54) is 13.2 Å². The lowest BCUT2D eigenvalue weighted by molar-refractivity contribution is -0.139. The van der Waals surface area contributed by atoms with Crippen molar-refractivity contribution in [3.8, 4) is 5.75 Å². The van der Waals surface area contributed by atoms with E-state index in [-0.39, 0.29) is 17.8 Å². The highest BCUT2D eigenvalue weighted by Gasteiger charge is 2.20. The molecule has 1 atom stereocenters. The fourth-order valence-electron chi connectivity index (χ4n) is 2.54. The average Bonchev–Trinajstić information content (AvgIpc) is 2.66. The monoisotopic (exact) mass is 369 g/mol. The molecule has 0 fully saturated rings. The maximum Gasteiger partial charge on any atom is 0.337 e. The Morgan fingerprint density at radius 2 is 1.81 bits per heavy atom. The first-order chi connectivity index (χ1) is 12.9. The first-order valence-electron chi connectivity index (χ1n) is 8.51. The van der Waals surface area contributed by atoms with Crippen LogP contribution in [-0.4, -0.2) is 25.0 Å². The number of guanidine groups is 1. The molecule has 0 aliphatic heterocycles. The smallest absolute Gasteiger partial charge is 0.337 e. The SMILES string of the molecule is CCC(Cc1ccc(N=C(N)N)cc1)C(=O)Oc1cccc(C(=O)OC)c1. The maximum atomic E-state index is 12.5. The largest absolute Gasteiger partial charge is 0.465 e. The normalized spacial score (nSPS) is 11.3. The lowest BCUT2D eigenvalue weighted by Gasteiger charge is -2.14. The van der Waals surface area contributed by atoms with Crippen LogP contribution in [0.15, 0.2) is 53.5 Å². The van der Waals surface area contributed by atoms with Gasteiger partial charge in [0, 0.05) is 0 Å². The molecule has 0 radical (unpaired) electrons. The third kappa shape index (κ3) is 5.85. The molecule has 0 saturated carbocycles. The number of esters is 2. The topological polar surface area (TPSA) is 117 Å². The Morgan fingerprint density at radius 1 is 1.11 bits per heavy atom. The van der Waals surface area contributed by atoms with Gasteiger partial charge >= 0.3 is 11.9 Å². The van der Waals surface area contributed by atoms with Crippen LogP contribution in [0.4, 0.5) is 5.69 Å². The second kappa shape index (κ2) is 9.38. The number of rotatable bonds is 7. The number of ether oxygens (including phenoxy) is 2. The van der Waals surface area contributed by atoms with Crippen LogP contribution in [0.5, 0.6) is 5.75 Å². The van der Waals surface area contributed by atoms with Gasteiger partial charge in [-0.1, -0.05) is 25.1 Å². The minimum absolute atomic E-state index is 0.00746. The van der Waals surface area contributed by atoms with E-state index >= 15 is 0 Å². The second-order valence-electron chi connectivity index (χ2n) is 5.95. The predicted octanol–water partition coefficient (Wildman–Crippen LogP) is 2.55. The van der Waals surface area contributed by atoms with Crippen molar-refractivity contribution in [2.75, 3.05) is 7.11 Å². The number of carbonyl (C=O) groups is 2. The first kappa shape index (κ1) is 20.0. The Labute approximate surface area is 158 Å². The summed E-state index contributed by atoms with van der Waals surface area (Å²) in [4.78, 5) is 28.1. The zero-order valence-electron chi connectivity index (χ0n) is 15.3. The van der Waals surface area contributed by atoms with E-state index in [9.17, 15) is 9.59 Å². The van der Waals surface area contributed by atoms with E-state index in [1.807, 2.05) is 19.1 Å². The fourth-order valence-corrected chi connectivity index (χ4v) is 2.54. The standard InChI is InChI=1S/C20H23N3O4/c1-3-14(11-13-7-9-16(10-8-13)23-20(21)22)19(25)27-17-6-4-5-15(12-17)18(24)26-2/h4-10,12,14H,3,11H2,1-2H3,(H4,21,22,23). The van der Waals surface area contributed by atoms with E-state index in [0.717, 1.165) is 5.56 Å².